The van der Waals surface area contributed by atoms with Gasteiger partial charge in [-0.15, -0.1) is 10.2 Å². The SMILES string of the molecule is Cc1onc(-c2c(Cl)cccc2Cl)c1C(=O)N1CCCC1c1nnc(-c2ccncc2)o1. The maximum absolute atomic E-state index is 13.6. The van der Waals surface area contributed by atoms with Crippen molar-refractivity contribution >= 4 is 29.1 Å². The van der Waals surface area contributed by atoms with E-state index in [9.17, 15) is 4.79 Å². The predicted octanol–water partition coefficient (Wildman–Crippen LogP) is 5.38. The number of nitrogens with zero attached hydrogens (tertiary/aromatic N) is 5. The van der Waals surface area contributed by atoms with Crippen molar-refractivity contribution in [2.45, 2.75) is 25.8 Å². The van der Waals surface area contributed by atoms with Gasteiger partial charge in [0.25, 0.3) is 5.91 Å². The highest BCUT2D eigenvalue weighted by atomic mass is 35.5. The molecule has 0 spiro atoms. The van der Waals surface area contributed by atoms with Crippen molar-refractivity contribution in [2.75, 3.05) is 6.54 Å². The van der Waals surface area contributed by atoms with Gasteiger partial charge in [0.05, 0.1) is 10.0 Å². The monoisotopic (exact) mass is 469 g/mol. The third kappa shape index (κ3) is 3.55. The molecule has 0 saturated carbocycles. The van der Waals surface area contributed by atoms with Gasteiger partial charge in [-0.2, -0.15) is 0 Å². The molecule has 1 atom stereocenters. The van der Waals surface area contributed by atoms with E-state index in [0.717, 1.165) is 12.0 Å². The van der Waals surface area contributed by atoms with E-state index in [1.54, 1.807) is 54.5 Å². The fourth-order valence-electron chi connectivity index (χ4n) is 3.91. The minimum Gasteiger partial charge on any atom is -0.418 e. The summed E-state index contributed by atoms with van der Waals surface area (Å²) in [5.41, 5.74) is 1.86. The van der Waals surface area contributed by atoms with E-state index in [-0.39, 0.29) is 11.9 Å². The highest BCUT2D eigenvalue weighted by Crippen LogP contribution is 2.39. The summed E-state index contributed by atoms with van der Waals surface area (Å²) in [5.74, 6) is 0.899. The highest BCUT2D eigenvalue weighted by Gasteiger charge is 2.37. The van der Waals surface area contributed by atoms with Gasteiger partial charge in [0, 0.05) is 30.1 Å². The third-order valence-electron chi connectivity index (χ3n) is 5.44. The zero-order valence-electron chi connectivity index (χ0n) is 17.0. The molecular formula is C22H17Cl2N5O3. The molecule has 0 N–H and O–H groups in total. The summed E-state index contributed by atoms with van der Waals surface area (Å²) in [6, 6.07) is 8.34. The molecule has 4 aromatic rings. The molecule has 3 aromatic heterocycles. The summed E-state index contributed by atoms with van der Waals surface area (Å²) in [7, 11) is 0. The number of rotatable bonds is 4. The molecule has 1 aliphatic rings. The maximum Gasteiger partial charge on any atom is 0.260 e. The maximum atomic E-state index is 13.6. The first-order valence-corrected chi connectivity index (χ1v) is 10.8. The van der Waals surface area contributed by atoms with Crippen LogP contribution in [0.3, 0.4) is 0 Å². The molecule has 1 unspecified atom stereocenters. The molecule has 1 aliphatic heterocycles. The van der Waals surface area contributed by atoms with Crippen molar-refractivity contribution in [1.82, 2.24) is 25.2 Å². The fourth-order valence-corrected chi connectivity index (χ4v) is 4.49. The molecular weight excluding hydrogens is 453 g/mol. The molecule has 1 amide bonds. The molecule has 0 aliphatic carbocycles. The number of aryl methyl sites for hydroxylation is 1. The second-order valence-corrected chi connectivity index (χ2v) is 8.21. The summed E-state index contributed by atoms with van der Waals surface area (Å²) < 4.78 is 11.3. The van der Waals surface area contributed by atoms with Crippen LogP contribution in [0.25, 0.3) is 22.7 Å². The van der Waals surface area contributed by atoms with Gasteiger partial charge in [0.1, 0.15) is 23.1 Å². The summed E-state index contributed by atoms with van der Waals surface area (Å²) in [6.07, 6.45) is 4.81. The number of hydrogen-bond acceptors (Lipinski definition) is 7. The second kappa shape index (κ2) is 8.37. The van der Waals surface area contributed by atoms with Gasteiger partial charge < -0.3 is 13.8 Å². The van der Waals surface area contributed by atoms with Crippen LogP contribution in [-0.4, -0.2) is 37.7 Å². The van der Waals surface area contributed by atoms with Crippen LogP contribution in [0.2, 0.25) is 10.0 Å². The third-order valence-corrected chi connectivity index (χ3v) is 6.07. The summed E-state index contributed by atoms with van der Waals surface area (Å²) in [4.78, 5) is 19.4. The van der Waals surface area contributed by atoms with Crippen LogP contribution in [0.4, 0.5) is 0 Å². The molecule has 4 heterocycles. The van der Waals surface area contributed by atoms with Crippen LogP contribution < -0.4 is 0 Å². The van der Waals surface area contributed by atoms with Crippen LogP contribution in [0.1, 0.15) is 40.9 Å². The normalized spacial score (nSPS) is 16.0. The first-order chi connectivity index (χ1) is 15.5. The van der Waals surface area contributed by atoms with E-state index in [2.05, 4.69) is 20.3 Å². The van der Waals surface area contributed by atoms with Gasteiger partial charge in [0.2, 0.25) is 11.8 Å². The molecule has 5 rings (SSSR count). The molecule has 8 nitrogen and oxygen atoms in total. The average molecular weight is 470 g/mol. The van der Waals surface area contributed by atoms with Crippen molar-refractivity contribution < 1.29 is 13.7 Å². The second-order valence-electron chi connectivity index (χ2n) is 7.40. The number of halogens is 2. The van der Waals surface area contributed by atoms with Crippen molar-refractivity contribution in [3.63, 3.8) is 0 Å². The van der Waals surface area contributed by atoms with Crippen molar-refractivity contribution in [2.24, 2.45) is 0 Å². The Morgan fingerprint density at radius 2 is 1.88 bits per heavy atom. The smallest absolute Gasteiger partial charge is 0.260 e. The first-order valence-electron chi connectivity index (χ1n) is 10.00. The van der Waals surface area contributed by atoms with Gasteiger partial charge >= 0.3 is 0 Å². The Morgan fingerprint density at radius 1 is 1.12 bits per heavy atom. The lowest BCUT2D eigenvalue weighted by molar-refractivity contribution is 0.0715. The number of carbonyl (C=O) groups excluding carboxylic acids is 1. The Morgan fingerprint density at radius 3 is 2.62 bits per heavy atom. The minimum absolute atomic E-state index is 0.249. The van der Waals surface area contributed by atoms with Gasteiger partial charge in [-0.05, 0) is 44.0 Å². The molecule has 1 aromatic carbocycles. The van der Waals surface area contributed by atoms with Gasteiger partial charge in [-0.3, -0.25) is 9.78 Å². The summed E-state index contributed by atoms with van der Waals surface area (Å²) >= 11 is 12.7. The molecule has 1 fully saturated rings. The molecule has 10 heteroatoms. The lowest BCUT2D eigenvalue weighted by Crippen LogP contribution is -2.31. The number of benzene rings is 1. The lowest BCUT2D eigenvalue weighted by atomic mass is 10.0. The largest absolute Gasteiger partial charge is 0.418 e. The van der Waals surface area contributed by atoms with E-state index in [0.29, 0.717) is 57.4 Å². The Hall–Kier alpha value is -3.23. The summed E-state index contributed by atoms with van der Waals surface area (Å²) in [5, 5.41) is 13.2. The van der Waals surface area contributed by atoms with Crippen LogP contribution in [0.15, 0.2) is 51.7 Å². The Balaban J connectivity index is 1.49. The van der Waals surface area contributed by atoms with Crippen LogP contribution >= 0.6 is 23.2 Å². The summed E-state index contributed by atoms with van der Waals surface area (Å²) in [6.45, 7) is 2.23. The highest BCUT2D eigenvalue weighted by molar-refractivity contribution is 6.39. The topological polar surface area (TPSA) is 98.2 Å². The van der Waals surface area contributed by atoms with E-state index in [1.165, 1.54) is 0 Å². The lowest BCUT2D eigenvalue weighted by Gasteiger charge is -2.22. The molecule has 0 bridgehead atoms. The van der Waals surface area contributed by atoms with E-state index >= 15 is 0 Å². The number of amides is 1. The van der Waals surface area contributed by atoms with Gasteiger partial charge in [-0.1, -0.05) is 34.4 Å². The van der Waals surface area contributed by atoms with Gasteiger partial charge in [0.15, 0.2) is 0 Å². The standard InChI is InChI=1S/C22H17Cl2N5O3/c1-12-17(19(28-32-12)18-14(23)4-2-5-15(18)24)22(30)29-11-3-6-16(29)21-27-26-20(31-21)13-7-9-25-10-8-13/h2,4-5,7-10,16H,3,6,11H2,1H3. The van der Waals surface area contributed by atoms with Crippen molar-refractivity contribution in [1.29, 1.82) is 0 Å². The predicted molar refractivity (Wildman–Crippen MR) is 117 cm³/mol. The quantitative estimate of drug-likeness (QED) is 0.395. The first kappa shape index (κ1) is 20.7. The van der Waals surface area contributed by atoms with E-state index in [1.807, 2.05) is 0 Å². The van der Waals surface area contributed by atoms with Crippen molar-refractivity contribution in [3.8, 4) is 22.7 Å². The van der Waals surface area contributed by atoms with Crippen molar-refractivity contribution in [3.05, 3.63) is 70.0 Å². The average Bonchev–Trinajstić information content (AvgIpc) is 3.54. The number of carbonyl (C=O) groups is 1. The van der Waals surface area contributed by atoms with Crippen LogP contribution in [0.5, 0.6) is 0 Å². The van der Waals surface area contributed by atoms with Crippen LogP contribution in [0, 0.1) is 6.92 Å². The Bertz CT molecular complexity index is 1270. The number of hydrogen-bond donors (Lipinski definition) is 0. The number of likely N-dealkylation sites (tertiary alicyclic amines) is 1. The van der Waals surface area contributed by atoms with Gasteiger partial charge in [-0.25, -0.2) is 0 Å². The zero-order chi connectivity index (χ0) is 22.2. The number of pyridine rings is 1. The van der Waals surface area contributed by atoms with E-state index in [4.69, 9.17) is 32.1 Å². The Kier molecular flexibility index (Phi) is 5.40. The fraction of sp³-hybridized carbons (Fsp3) is 0.227. The molecule has 1 saturated heterocycles. The Labute approximate surface area is 193 Å². The number of aromatic nitrogens is 4. The zero-order valence-corrected chi connectivity index (χ0v) is 18.5. The van der Waals surface area contributed by atoms with E-state index < -0.39 is 0 Å². The molecule has 32 heavy (non-hydrogen) atoms. The molecule has 162 valence electrons. The molecule has 0 radical (unpaired) electrons. The van der Waals surface area contributed by atoms with Crippen LogP contribution in [-0.2, 0) is 0 Å². The minimum atomic E-state index is -0.352.